The van der Waals surface area contributed by atoms with Crippen molar-refractivity contribution in [2.75, 3.05) is 0 Å². The van der Waals surface area contributed by atoms with E-state index in [1.54, 1.807) is 13.8 Å². The van der Waals surface area contributed by atoms with E-state index in [4.69, 9.17) is 0 Å². The number of aliphatic carboxylic acids is 1. The molecular formula is C21H23N3O2. The van der Waals surface area contributed by atoms with Crippen molar-refractivity contribution in [3.63, 3.8) is 0 Å². The molecule has 0 aliphatic heterocycles. The molecule has 0 radical (unpaired) electrons. The molecular weight excluding hydrogens is 326 g/mol. The molecule has 0 spiro atoms. The van der Waals surface area contributed by atoms with Crippen molar-refractivity contribution in [2.24, 2.45) is 0 Å². The van der Waals surface area contributed by atoms with E-state index in [0.717, 1.165) is 25.1 Å². The van der Waals surface area contributed by atoms with Crippen molar-refractivity contribution in [3.05, 3.63) is 65.1 Å². The van der Waals surface area contributed by atoms with Gasteiger partial charge in [0, 0.05) is 11.8 Å². The van der Waals surface area contributed by atoms with E-state index in [1.807, 2.05) is 22.7 Å². The summed E-state index contributed by atoms with van der Waals surface area (Å²) in [5.41, 5.74) is 2.65. The van der Waals surface area contributed by atoms with Crippen molar-refractivity contribution >= 4 is 11.6 Å². The minimum atomic E-state index is -1.02. The number of carboxylic acid groups (broad SMARTS) is 1. The molecule has 0 atom stereocenters. The molecule has 4 rings (SSSR count). The first kappa shape index (κ1) is 16.8. The minimum Gasteiger partial charge on any atom is -0.481 e. The van der Waals surface area contributed by atoms with Crippen LogP contribution in [0, 0.1) is 6.92 Å². The van der Waals surface area contributed by atoms with E-state index in [0.29, 0.717) is 11.2 Å². The van der Waals surface area contributed by atoms with Crippen LogP contribution >= 0.6 is 0 Å². The topological polar surface area (TPSA) is 67.5 Å². The first-order valence-electron chi connectivity index (χ1n) is 9.01. The van der Waals surface area contributed by atoms with Crippen LogP contribution in [0.3, 0.4) is 0 Å². The molecule has 2 heterocycles. The Balaban J connectivity index is 1.90. The largest absolute Gasteiger partial charge is 0.481 e. The first-order valence-corrected chi connectivity index (χ1v) is 9.01. The van der Waals surface area contributed by atoms with Crippen molar-refractivity contribution in [3.8, 4) is 0 Å². The fourth-order valence-electron chi connectivity index (χ4n) is 3.89. The minimum absolute atomic E-state index is 0.140. The van der Waals surface area contributed by atoms with Crippen LogP contribution in [-0.4, -0.2) is 25.7 Å². The van der Waals surface area contributed by atoms with E-state index < -0.39 is 11.4 Å². The number of carboxylic acids is 1. The molecule has 2 aromatic heterocycles. The summed E-state index contributed by atoms with van der Waals surface area (Å²) in [4.78, 5) is 11.7. The van der Waals surface area contributed by atoms with Gasteiger partial charge in [-0.1, -0.05) is 42.3 Å². The highest BCUT2D eigenvalue weighted by Gasteiger charge is 2.44. The lowest BCUT2D eigenvalue weighted by Crippen LogP contribution is -2.37. The average molecular weight is 349 g/mol. The Labute approximate surface area is 152 Å². The Morgan fingerprint density at radius 3 is 2.42 bits per heavy atom. The Kier molecular flexibility index (Phi) is 3.65. The van der Waals surface area contributed by atoms with Gasteiger partial charge in [-0.15, -0.1) is 10.2 Å². The van der Waals surface area contributed by atoms with Gasteiger partial charge in [-0.2, -0.15) is 0 Å². The average Bonchev–Trinajstić information content (AvgIpc) is 3.00. The number of aryl methyl sites for hydroxylation is 1. The number of aromatic nitrogens is 3. The zero-order chi connectivity index (χ0) is 18.5. The van der Waals surface area contributed by atoms with Crippen LogP contribution < -0.4 is 0 Å². The summed E-state index contributed by atoms with van der Waals surface area (Å²) in [5.74, 6) is 0.0395. The number of pyridine rings is 1. The van der Waals surface area contributed by atoms with E-state index in [9.17, 15) is 9.90 Å². The zero-order valence-corrected chi connectivity index (χ0v) is 15.4. The van der Waals surface area contributed by atoms with Crippen LogP contribution in [0.2, 0.25) is 0 Å². The molecule has 5 heteroatoms. The molecule has 0 amide bonds. The third kappa shape index (κ3) is 2.26. The zero-order valence-electron chi connectivity index (χ0n) is 15.4. The molecule has 1 N–H and O–H groups in total. The Bertz CT molecular complexity index is 982. The lowest BCUT2D eigenvalue weighted by Gasteiger charge is -2.41. The number of nitrogens with zero attached hydrogens (tertiary/aromatic N) is 3. The lowest BCUT2D eigenvalue weighted by atomic mass is 9.63. The van der Waals surface area contributed by atoms with Gasteiger partial charge in [0.15, 0.2) is 5.65 Å². The lowest BCUT2D eigenvalue weighted by molar-refractivity contribution is -0.142. The number of carbonyl (C=O) groups is 1. The normalized spacial score (nSPS) is 16.4. The highest BCUT2D eigenvalue weighted by Crippen LogP contribution is 2.48. The summed E-state index contributed by atoms with van der Waals surface area (Å²) in [6, 6.07) is 12.4. The summed E-state index contributed by atoms with van der Waals surface area (Å²) in [7, 11) is 0. The maximum atomic E-state index is 11.7. The van der Waals surface area contributed by atoms with Gasteiger partial charge >= 0.3 is 5.97 Å². The third-order valence-corrected chi connectivity index (χ3v) is 5.88. The molecule has 3 aromatic rings. The predicted octanol–water partition coefficient (Wildman–Crippen LogP) is 3.87. The van der Waals surface area contributed by atoms with Gasteiger partial charge in [-0.25, -0.2) is 0 Å². The van der Waals surface area contributed by atoms with Gasteiger partial charge < -0.3 is 5.11 Å². The van der Waals surface area contributed by atoms with Crippen LogP contribution in [0.4, 0.5) is 0 Å². The molecule has 0 unspecified atom stereocenters. The number of rotatable bonds is 4. The Morgan fingerprint density at radius 1 is 1.15 bits per heavy atom. The second-order valence-corrected chi connectivity index (χ2v) is 7.87. The monoisotopic (exact) mass is 349 g/mol. The van der Waals surface area contributed by atoms with Crippen molar-refractivity contribution in [1.29, 1.82) is 0 Å². The van der Waals surface area contributed by atoms with Crippen LogP contribution in [-0.2, 0) is 15.6 Å². The number of fused-ring (bicyclic) bond motifs is 1. The first-order chi connectivity index (χ1) is 12.4. The smallest absolute Gasteiger partial charge is 0.313 e. The summed E-state index contributed by atoms with van der Waals surface area (Å²) >= 11 is 0. The molecule has 134 valence electrons. The third-order valence-electron chi connectivity index (χ3n) is 5.88. The fraction of sp³-hybridized carbons (Fsp3) is 0.381. The van der Waals surface area contributed by atoms with Gasteiger partial charge in [0.1, 0.15) is 5.82 Å². The highest BCUT2D eigenvalue weighted by molar-refractivity contribution is 5.83. The van der Waals surface area contributed by atoms with Crippen molar-refractivity contribution < 1.29 is 9.90 Å². The molecule has 5 nitrogen and oxygen atoms in total. The molecule has 1 saturated carbocycles. The van der Waals surface area contributed by atoms with Crippen LogP contribution in [0.25, 0.3) is 5.65 Å². The second-order valence-electron chi connectivity index (χ2n) is 7.87. The van der Waals surface area contributed by atoms with Crippen LogP contribution in [0.1, 0.15) is 55.6 Å². The van der Waals surface area contributed by atoms with E-state index in [-0.39, 0.29) is 5.41 Å². The van der Waals surface area contributed by atoms with Gasteiger partial charge in [0.05, 0.1) is 10.8 Å². The van der Waals surface area contributed by atoms with Crippen molar-refractivity contribution in [2.45, 2.75) is 50.9 Å². The fourth-order valence-corrected chi connectivity index (χ4v) is 3.89. The standard InChI is InChI=1S/C21H23N3O2/c1-14-7-9-15(10-8-14)21(11-5-12-21)18-23-22-17-16(6-4-13-24(17)18)20(2,3)19(25)26/h4,6-10,13H,5,11-12H2,1-3H3,(H,25,26). The SMILES string of the molecule is Cc1ccc(C2(c3nnc4c(C(C)(C)C(=O)O)cccn34)CCC2)cc1. The van der Waals surface area contributed by atoms with Crippen molar-refractivity contribution in [1.82, 2.24) is 14.6 Å². The molecule has 1 aromatic carbocycles. The van der Waals surface area contributed by atoms with Crippen LogP contribution in [0.5, 0.6) is 0 Å². The van der Waals surface area contributed by atoms with Gasteiger partial charge in [-0.05, 0) is 45.2 Å². The number of benzene rings is 1. The molecule has 1 fully saturated rings. The molecule has 0 saturated heterocycles. The van der Waals surface area contributed by atoms with E-state index in [2.05, 4.69) is 41.4 Å². The summed E-state index contributed by atoms with van der Waals surface area (Å²) in [6.45, 7) is 5.50. The molecule has 1 aliphatic carbocycles. The maximum absolute atomic E-state index is 11.7. The Morgan fingerprint density at radius 2 is 1.85 bits per heavy atom. The van der Waals surface area contributed by atoms with E-state index >= 15 is 0 Å². The number of hydrogen-bond donors (Lipinski definition) is 1. The predicted molar refractivity (Wildman–Crippen MR) is 99.5 cm³/mol. The van der Waals surface area contributed by atoms with Gasteiger partial charge in [-0.3, -0.25) is 9.20 Å². The summed E-state index contributed by atoms with van der Waals surface area (Å²) in [5, 5.41) is 18.6. The highest BCUT2D eigenvalue weighted by atomic mass is 16.4. The number of hydrogen-bond acceptors (Lipinski definition) is 3. The van der Waals surface area contributed by atoms with Gasteiger partial charge in [0.25, 0.3) is 0 Å². The summed E-state index contributed by atoms with van der Waals surface area (Å²) < 4.78 is 1.99. The molecule has 0 bridgehead atoms. The van der Waals surface area contributed by atoms with Gasteiger partial charge in [0.2, 0.25) is 0 Å². The van der Waals surface area contributed by atoms with Crippen LogP contribution in [0.15, 0.2) is 42.6 Å². The maximum Gasteiger partial charge on any atom is 0.313 e. The quantitative estimate of drug-likeness (QED) is 0.776. The molecule has 1 aliphatic rings. The Hall–Kier alpha value is -2.69. The summed E-state index contributed by atoms with van der Waals surface area (Å²) in [6.07, 6.45) is 5.16. The second kappa shape index (κ2) is 5.66. The molecule has 26 heavy (non-hydrogen) atoms. The van der Waals surface area contributed by atoms with E-state index in [1.165, 1.54) is 11.1 Å².